The van der Waals surface area contributed by atoms with Crippen LogP contribution in [0, 0.1) is 0 Å². The molecule has 0 fully saturated rings. The molecule has 1 aromatic carbocycles. The van der Waals surface area contributed by atoms with E-state index in [9.17, 15) is 0 Å². The van der Waals surface area contributed by atoms with Crippen LogP contribution in [0.15, 0.2) is 24.3 Å². The largest absolute Gasteiger partial charge is 0.325 e. The topological polar surface area (TPSA) is 56.7 Å². The number of halogens is 1. The molecule has 2 aromatic rings. The second kappa shape index (κ2) is 5.98. The minimum Gasteiger partial charge on any atom is -0.325 e. The maximum absolute atomic E-state index is 5.87. The second-order valence-electron chi connectivity index (χ2n) is 4.22. The van der Waals surface area contributed by atoms with Crippen LogP contribution < -0.4 is 5.73 Å². The highest BCUT2D eigenvalue weighted by Gasteiger charge is 2.10. The standard InChI is InChI=1S/C13H17ClN4/c1-2-3-13-12(8-15)16-17-18(13)9-10-4-6-11(14)7-5-10/h4-7H,2-3,8-9,15H2,1H3. The number of hydrogen-bond acceptors (Lipinski definition) is 3. The Balaban J connectivity index is 2.22. The zero-order valence-electron chi connectivity index (χ0n) is 10.4. The van der Waals surface area contributed by atoms with Crippen molar-refractivity contribution in [3.05, 3.63) is 46.2 Å². The summed E-state index contributed by atoms with van der Waals surface area (Å²) in [7, 11) is 0. The number of benzene rings is 1. The Morgan fingerprint density at radius 2 is 2.00 bits per heavy atom. The van der Waals surface area contributed by atoms with Gasteiger partial charge in [0.15, 0.2) is 0 Å². The quantitative estimate of drug-likeness (QED) is 0.902. The van der Waals surface area contributed by atoms with Crippen molar-refractivity contribution in [3.63, 3.8) is 0 Å². The van der Waals surface area contributed by atoms with E-state index in [2.05, 4.69) is 17.2 Å². The van der Waals surface area contributed by atoms with E-state index in [1.54, 1.807) is 0 Å². The molecule has 0 amide bonds. The van der Waals surface area contributed by atoms with Gasteiger partial charge in [-0.05, 0) is 24.1 Å². The molecule has 1 aromatic heterocycles. The number of aromatic nitrogens is 3. The summed E-state index contributed by atoms with van der Waals surface area (Å²) in [6, 6.07) is 7.78. The SMILES string of the molecule is CCCc1c(CN)nnn1Cc1ccc(Cl)cc1. The fourth-order valence-corrected chi connectivity index (χ4v) is 2.05. The lowest BCUT2D eigenvalue weighted by Gasteiger charge is -2.07. The molecular formula is C13H17ClN4. The highest BCUT2D eigenvalue weighted by molar-refractivity contribution is 6.30. The number of hydrogen-bond donors (Lipinski definition) is 1. The van der Waals surface area contributed by atoms with Gasteiger partial charge >= 0.3 is 0 Å². The molecule has 96 valence electrons. The Morgan fingerprint density at radius 3 is 2.61 bits per heavy atom. The number of nitrogens with two attached hydrogens (primary N) is 1. The van der Waals surface area contributed by atoms with Gasteiger partial charge < -0.3 is 5.73 Å². The summed E-state index contributed by atoms with van der Waals surface area (Å²) in [5.74, 6) is 0. The smallest absolute Gasteiger partial charge is 0.0994 e. The molecule has 4 nitrogen and oxygen atoms in total. The van der Waals surface area contributed by atoms with Gasteiger partial charge in [-0.25, -0.2) is 4.68 Å². The van der Waals surface area contributed by atoms with Gasteiger partial charge in [-0.3, -0.25) is 0 Å². The predicted molar refractivity (Wildman–Crippen MR) is 72.5 cm³/mol. The second-order valence-corrected chi connectivity index (χ2v) is 4.66. The van der Waals surface area contributed by atoms with Gasteiger partial charge in [-0.15, -0.1) is 5.10 Å². The molecule has 2 rings (SSSR count). The third kappa shape index (κ3) is 2.89. The van der Waals surface area contributed by atoms with Crippen molar-refractivity contribution in [1.82, 2.24) is 15.0 Å². The Bertz CT molecular complexity index is 504. The van der Waals surface area contributed by atoms with Crippen LogP contribution >= 0.6 is 11.6 Å². The normalized spacial score (nSPS) is 10.8. The molecule has 0 saturated heterocycles. The van der Waals surface area contributed by atoms with Crippen molar-refractivity contribution in [2.75, 3.05) is 0 Å². The molecule has 2 N–H and O–H groups in total. The van der Waals surface area contributed by atoms with Gasteiger partial charge in [-0.1, -0.05) is 42.3 Å². The van der Waals surface area contributed by atoms with Gasteiger partial charge in [0.25, 0.3) is 0 Å². The van der Waals surface area contributed by atoms with Crippen LogP contribution in [0.3, 0.4) is 0 Å². The first kappa shape index (κ1) is 13.1. The Kier molecular flexibility index (Phi) is 4.33. The third-order valence-electron chi connectivity index (χ3n) is 2.84. The maximum Gasteiger partial charge on any atom is 0.0994 e. The fraction of sp³-hybridized carbons (Fsp3) is 0.385. The van der Waals surface area contributed by atoms with Crippen molar-refractivity contribution < 1.29 is 0 Å². The molecule has 0 spiro atoms. The summed E-state index contributed by atoms with van der Waals surface area (Å²) in [6.07, 6.45) is 2.01. The minimum absolute atomic E-state index is 0.440. The lowest BCUT2D eigenvalue weighted by Crippen LogP contribution is -2.08. The van der Waals surface area contributed by atoms with Crippen LogP contribution in [0.25, 0.3) is 0 Å². The molecule has 5 heteroatoms. The highest BCUT2D eigenvalue weighted by Crippen LogP contribution is 2.13. The van der Waals surface area contributed by atoms with Crippen molar-refractivity contribution in [2.45, 2.75) is 32.9 Å². The lowest BCUT2D eigenvalue weighted by atomic mass is 10.2. The van der Waals surface area contributed by atoms with Gasteiger partial charge in [0.1, 0.15) is 0 Å². The monoisotopic (exact) mass is 264 g/mol. The first-order chi connectivity index (χ1) is 8.74. The van der Waals surface area contributed by atoms with E-state index < -0.39 is 0 Å². The first-order valence-corrected chi connectivity index (χ1v) is 6.48. The Labute approximate surface area is 112 Å². The summed E-state index contributed by atoms with van der Waals surface area (Å²) < 4.78 is 1.93. The van der Waals surface area contributed by atoms with Gasteiger partial charge in [-0.2, -0.15) is 0 Å². The van der Waals surface area contributed by atoms with Crippen LogP contribution in [-0.4, -0.2) is 15.0 Å². The number of nitrogens with zero attached hydrogens (tertiary/aromatic N) is 3. The highest BCUT2D eigenvalue weighted by atomic mass is 35.5. The van der Waals surface area contributed by atoms with E-state index in [4.69, 9.17) is 17.3 Å². The van der Waals surface area contributed by atoms with Crippen molar-refractivity contribution in [3.8, 4) is 0 Å². The van der Waals surface area contributed by atoms with Crippen molar-refractivity contribution >= 4 is 11.6 Å². The van der Waals surface area contributed by atoms with Crippen LogP contribution in [0.5, 0.6) is 0 Å². The van der Waals surface area contributed by atoms with E-state index in [0.717, 1.165) is 34.8 Å². The Morgan fingerprint density at radius 1 is 1.28 bits per heavy atom. The fourth-order valence-electron chi connectivity index (χ4n) is 1.93. The summed E-state index contributed by atoms with van der Waals surface area (Å²) in [5.41, 5.74) is 8.86. The third-order valence-corrected chi connectivity index (χ3v) is 3.10. The molecule has 0 radical (unpaired) electrons. The van der Waals surface area contributed by atoms with Crippen LogP contribution in [0.2, 0.25) is 5.02 Å². The molecule has 0 aliphatic carbocycles. The van der Waals surface area contributed by atoms with Gasteiger partial charge in [0, 0.05) is 11.6 Å². The molecule has 0 bridgehead atoms. The van der Waals surface area contributed by atoms with Crippen LogP contribution in [0.1, 0.15) is 30.3 Å². The van der Waals surface area contributed by atoms with Gasteiger partial charge in [0.05, 0.1) is 17.9 Å². The van der Waals surface area contributed by atoms with Crippen molar-refractivity contribution in [2.24, 2.45) is 5.73 Å². The average molecular weight is 265 g/mol. The molecule has 1 heterocycles. The maximum atomic E-state index is 5.87. The zero-order valence-corrected chi connectivity index (χ0v) is 11.2. The number of rotatable bonds is 5. The van der Waals surface area contributed by atoms with E-state index in [-0.39, 0.29) is 0 Å². The summed E-state index contributed by atoms with van der Waals surface area (Å²) in [5, 5.41) is 9.05. The zero-order chi connectivity index (χ0) is 13.0. The summed E-state index contributed by atoms with van der Waals surface area (Å²) in [4.78, 5) is 0. The van der Waals surface area contributed by atoms with E-state index in [0.29, 0.717) is 13.1 Å². The van der Waals surface area contributed by atoms with Crippen LogP contribution in [0.4, 0.5) is 0 Å². The predicted octanol–water partition coefficient (Wildman–Crippen LogP) is 2.39. The van der Waals surface area contributed by atoms with Crippen molar-refractivity contribution in [1.29, 1.82) is 0 Å². The summed E-state index contributed by atoms with van der Waals surface area (Å²) in [6.45, 7) is 3.29. The average Bonchev–Trinajstić information content (AvgIpc) is 2.75. The molecule has 0 aliphatic rings. The van der Waals surface area contributed by atoms with E-state index in [1.165, 1.54) is 0 Å². The van der Waals surface area contributed by atoms with Gasteiger partial charge in [0.2, 0.25) is 0 Å². The molecule has 0 unspecified atom stereocenters. The van der Waals surface area contributed by atoms with E-state index >= 15 is 0 Å². The lowest BCUT2D eigenvalue weighted by molar-refractivity contribution is 0.613. The van der Waals surface area contributed by atoms with Crippen LogP contribution in [-0.2, 0) is 19.5 Å². The molecule has 0 aliphatic heterocycles. The molecule has 0 atom stereocenters. The first-order valence-electron chi connectivity index (χ1n) is 6.10. The minimum atomic E-state index is 0.440. The molecule has 18 heavy (non-hydrogen) atoms. The Hall–Kier alpha value is -1.39. The summed E-state index contributed by atoms with van der Waals surface area (Å²) >= 11 is 5.87. The van der Waals surface area contributed by atoms with E-state index in [1.807, 2.05) is 28.9 Å². The molecule has 0 saturated carbocycles. The molecular weight excluding hydrogens is 248 g/mol.